The lowest BCUT2D eigenvalue weighted by Crippen LogP contribution is -1.95. The van der Waals surface area contributed by atoms with Crippen molar-refractivity contribution in [1.29, 1.82) is 0 Å². The molecule has 0 bridgehead atoms. The number of hydrogen-bond donors (Lipinski definition) is 0. The molecular weight excluding hydrogens is 152 g/mol. The van der Waals surface area contributed by atoms with Crippen LogP contribution in [0.5, 0.6) is 0 Å². The lowest BCUT2D eigenvalue weighted by molar-refractivity contribution is 0.101. The molecule has 0 aliphatic heterocycles. The van der Waals surface area contributed by atoms with Crippen LogP contribution in [-0.4, -0.2) is 5.78 Å². The molecule has 2 nitrogen and oxygen atoms in total. The van der Waals surface area contributed by atoms with Gasteiger partial charge >= 0.3 is 0 Å². The Bertz CT molecular complexity index is 308. The van der Waals surface area contributed by atoms with Crippen LogP contribution in [0.25, 0.3) is 0 Å². The first-order chi connectivity index (χ1) is 5.57. The van der Waals surface area contributed by atoms with E-state index in [0.717, 1.165) is 29.1 Å². The van der Waals surface area contributed by atoms with E-state index in [1.54, 1.807) is 6.92 Å². The monoisotopic (exact) mass is 166 g/mol. The molecule has 0 aliphatic rings. The fourth-order valence-corrected chi connectivity index (χ4v) is 1.57. The van der Waals surface area contributed by atoms with Gasteiger partial charge in [-0.3, -0.25) is 4.79 Å². The Morgan fingerprint density at radius 2 is 2.00 bits per heavy atom. The Morgan fingerprint density at radius 1 is 1.42 bits per heavy atom. The summed E-state index contributed by atoms with van der Waals surface area (Å²) in [6.45, 7) is 7.37. The molecule has 0 atom stereocenters. The second-order valence-electron chi connectivity index (χ2n) is 2.99. The number of ketones is 1. The Labute approximate surface area is 72.6 Å². The molecule has 0 radical (unpaired) electrons. The summed E-state index contributed by atoms with van der Waals surface area (Å²) in [5.41, 5.74) is 1.76. The van der Waals surface area contributed by atoms with E-state index in [0.29, 0.717) is 0 Å². The molecule has 0 aliphatic carbocycles. The van der Waals surface area contributed by atoms with Crippen molar-refractivity contribution in [3.05, 3.63) is 22.6 Å². The second-order valence-corrected chi connectivity index (χ2v) is 2.99. The van der Waals surface area contributed by atoms with Crippen LogP contribution in [0.3, 0.4) is 0 Å². The van der Waals surface area contributed by atoms with E-state index in [4.69, 9.17) is 4.42 Å². The summed E-state index contributed by atoms with van der Waals surface area (Å²) in [5, 5.41) is 0. The van der Waals surface area contributed by atoms with Crippen molar-refractivity contribution in [2.45, 2.75) is 34.1 Å². The molecule has 0 fully saturated rings. The van der Waals surface area contributed by atoms with Crippen LogP contribution in [0.1, 0.15) is 41.3 Å². The molecule has 1 rings (SSSR count). The van der Waals surface area contributed by atoms with Crippen molar-refractivity contribution in [1.82, 2.24) is 0 Å². The molecule has 1 heterocycles. The minimum absolute atomic E-state index is 0.0912. The molecule has 12 heavy (non-hydrogen) atoms. The van der Waals surface area contributed by atoms with Gasteiger partial charge in [-0.2, -0.15) is 0 Å². The summed E-state index contributed by atoms with van der Waals surface area (Å²) >= 11 is 0. The zero-order chi connectivity index (χ0) is 9.30. The van der Waals surface area contributed by atoms with Gasteiger partial charge in [-0.25, -0.2) is 0 Å². The average molecular weight is 166 g/mol. The first kappa shape index (κ1) is 9.04. The minimum atomic E-state index is 0.0912. The van der Waals surface area contributed by atoms with Gasteiger partial charge in [0.15, 0.2) is 5.78 Å². The van der Waals surface area contributed by atoms with Gasteiger partial charge in [0.05, 0.1) is 5.56 Å². The average Bonchev–Trinajstić information content (AvgIpc) is 2.25. The fraction of sp³-hybridized carbons (Fsp3) is 0.500. The van der Waals surface area contributed by atoms with Crippen LogP contribution in [0.2, 0.25) is 0 Å². The first-order valence-electron chi connectivity index (χ1n) is 4.17. The Balaban J connectivity index is 3.28. The lowest BCUT2D eigenvalue weighted by Gasteiger charge is -1.92. The number of Topliss-reactive ketones (excluding diaryl/α,β-unsaturated/α-hetero) is 1. The van der Waals surface area contributed by atoms with Crippen LogP contribution in [0.4, 0.5) is 0 Å². The van der Waals surface area contributed by atoms with Gasteiger partial charge < -0.3 is 4.42 Å². The number of furan rings is 1. The number of hydrogen-bond acceptors (Lipinski definition) is 2. The van der Waals surface area contributed by atoms with E-state index in [-0.39, 0.29) is 5.78 Å². The van der Waals surface area contributed by atoms with Gasteiger partial charge in [-0.05, 0) is 20.8 Å². The molecule has 1 aromatic heterocycles. The predicted molar refractivity (Wildman–Crippen MR) is 47.6 cm³/mol. The van der Waals surface area contributed by atoms with Crippen molar-refractivity contribution in [2.75, 3.05) is 0 Å². The van der Waals surface area contributed by atoms with E-state index >= 15 is 0 Å². The third kappa shape index (κ3) is 1.29. The highest BCUT2D eigenvalue weighted by Gasteiger charge is 2.15. The van der Waals surface area contributed by atoms with Crippen molar-refractivity contribution in [3.8, 4) is 0 Å². The quantitative estimate of drug-likeness (QED) is 0.632. The van der Waals surface area contributed by atoms with Crippen molar-refractivity contribution >= 4 is 5.78 Å². The molecule has 66 valence electrons. The summed E-state index contributed by atoms with van der Waals surface area (Å²) in [6.07, 6.45) is 0.847. The lowest BCUT2D eigenvalue weighted by atomic mass is 10.1. The summed E-state index contributed by atoms with van der Waals surface area (Å²) in [7, 11) is 0. The van der Waals surface area contributed by atoms with Crippen molar-refractivity contribution in [3.63, 3.8) is 0 Å². The molecule has 0 saturated heterocycles. The largest absolute Gasteiger partial charge is 0.465 e. The minimum Gasteiger partial charge on any atom is -0.465 e. The molecule has 0 spiro atoms. The zero-order valence-electron chi connectivity index (χ0n) is 8.02. The van der Waals surface area contributed by atoms with E-state index in [2.05, 4.69) is 0 Å². The molecular formula is C10H14O2. The van der Waals surface area contributed by atoms with Crippen molar-refractivity contribution in [2.24, 2.45) is 0 Å². The molecule has 0 N–H and O–H groups in total. The van der Waals surface area contributed by atoms with Gasteiger partial charge in [0.25, 0.3) is 0 Å². The van der Waals surface area contributed by atoms with Gasteiger partial charge in [0.1, 0.15) is 11.5 Å². The van der Waals surface area contributed by atoms with E-state index < -0.39 is 0 Å². The first-order valence-corrected chi connectivity index (χ1v) is 4.17. The van der Waals surface area contributed by atoms with Crippen molar-refractivity contribution < 1.29 is 9.21 Å². The maximum Gasteiger partial charge on any atom is 0.163 e. The Kier molecular flexibility index (Phi) is 2.36. The Hall–Kier alpha value is -1.05. The molecule has 0 aromatic carbocycles. The number of carbonyl (C=O) groups is 1. The van der Waals surface area contributed by atoms with Crippen LogP contribution < -0.4 is 0 Å². The van der Waals surface area contributed by atoms with Gasteiger partial charge in [-0.1, -0.05) is 6.92 Å². The normalized spacial score (nSPS) is 10.3. The highest BCUT2D eigenvalue weighted by Crippen LogP contribution is 2.21. The van der Waals surface area contributed by atoms with Gasteiger partial charge in [0, 0.05) is 12.0 Å². The smallest absolute Gasteiger partial charge is 0.163 e. The Morgan fingerprint density at radius 3 is 2.25 bits per heavy atom. The summed E-state index contributed by atoms with van der Waals surface area (Å²) in [4.78, 5) is 11.2. The highest BCUT2D eigenvalue weighted by molar-refractivity contribution is 5.96. The second kappa shape index (κ2) is 3.13. The number of carbonyl (C=O) groups excluding carboxylic acids is 1. The van der Waals surface area contributed by atoms with Gasteiger partial charge in [0.2, 0.25) is 0 Å². The molecule has 0 saturated carbocycles. The summed E-state index contributed by atoms with van der Waals surface area (Å²) in [6, 6.07) is 0. The molecule has 1 aromatic rings. The van der Waals surface area contributed by atoms with E-state index in [1.165, 1.54) is 0 Å². The number of aryl methyl sites for hydroxylation is 2. The third-order valence-corrected chi connectivity index (χ3v) is 2.09. The number of rotatable bonds is 2. The zero-order valence-corrected chi connectivity index (χ0v) is 8.02. The van der Waals surface area contributed by atoms with E-state index in [9.17, 15) is 4.79 Å². The summed E-state index contributed by atoms with van der Waals surface area (Å²) in [5.74, 6) is 1.77. The maximum atomic E-state index is 11.2. The van der Waals surface area contributed by atoms with Crippen LogP contribution in [0, 0.1) is 13.8 Å². The van der Waals surface area contributed by atoms with E-state index in [1.807, 2.05) is 20.8 Å². The highest BCUT2D eigenvalue weighted by atomic mass is 16.3. The third-order valence-electron chi connectivity index (χ3n) is 2.09. The summed E-state index contributed by atoms with van der Waals surface area (Å²) < 4.78 is 5.44. The molecule has 0 unspecified atom stereocenters. The predicted octanol–water partition coefficient (Wildman–Crippen LogP) is 2.66. The SMILES string of the molecule is CCc1oc(C)c(C(C)=O)c1C. The molecule has 2 heteroatoms. The fourth-order valence-electron chi connectivity index (χ4n) is 1.57. The standard InChI is InChI=1S/C10H14O2/c1-5-9-6(2)10(7(3)11)8(4)12-9/h5H2,1-4H3. The van der Waals surface area contributed by atoms with Crippen LogP contribution in [-0.2, 0) is 6.42 Å². The van der Waals surface area contributed by atoms with Gasteiger partial charge in [-0.15, -0.1) is 0 Å². The van der Waals surface area contributed by atoms with Crippen LogP contribution in [0.15, 0.2) is 4.42 Å². The maximum absolute atomic E-state index is 11.2. The topological polar surface area (TPSA) is 30.2 Å². The van der Waals surface area contributed by atoms with Crippen LogP contribution >= 0.6 is 0 Å². The molecule has 0 amide bonds.